The number of fused-ring (bicyclic) bond motifs is 1. The maximum absolute atomic E-state index is 11.4. The standard InChI is InChI=1S/C18H21N3O2/c1-21(13-14-3-2-8-19-12-14)9-10-23-16-5-6-17-15(11-16)4-7-18(22)20-17/h2-3,5-6,8,11-12H,4,7,9-10,13H2,1H3,(H,20,22). The van der Waals surface area contributed by atoms with Gasteiger partial charge >= 0.3 is 0 Å². The molecule has 1 aromatic carbocycles. The number of aromatic nitrogens is 1. The molecule has 0 atom stereocenters. The van der Waals surface area contributed by atoms with Gasteiger partial charge in [-0.25, -0.2) is 0 Å². The monoisotopic (exact) mass is 311 g/mol. The molecule has 2 aromatic rings. The SMILES string of the molecule is CN(CCOc1ccc2c(c1)CCC(=O)N2)Cc1cccnc1. The lowest BCUT2D eigenvalue weighted by Gasteiger charge is -2.19. The first-order valence-corrected chi connectivity index (χ1v) is 7.84. The van der Waals surface area contributed by atoms with Crippen LogP contribution in [-0.2, 0) is 17.8 Å². The Morgan fingerprint density at radius 3 is 3.04 bits per heavy atom. The van der Waals surface area contributed by atoms with Crippen molar-refractivity contribution >= 4 is 11.6 Å². The van der Waals surface area contributed by atoms with Crippen molar-refractivity contribution in [1.82, 2.24) is 9.88 Å². The van der Waals surface area contributed by atoms with Crippen LogP contribution in [0.4, 0.5) is 5.69 Å². The predicted molar refractivity (Wildman–Crippen MR) is 89.5 cm³/mol. The molecule has 5 nitrogen and oxygen atoms in total. The molecule has 0 fully saturated rings. The average Bonchev–Trinajstić information content (AvgIpc) is 2.56. The Balaban J connectivity index is 1.48. The maximum atomic E-state index is 11.4. The number of ether oxygens (including phenoxy) is 1. The van der Waals surface area contributed by atoms with Crippen LogP contribution >= 0.6 is 0 Å². The van der Waals surface area contributed by atoms with E-state index in [1.165, 1.54) is 5.56 Å². The summed E-state index contributed by atoms with van der Waals surface area (Å²) in [6.07, 6.45) is 4.99. The van der Waals surface area contributed by atoms with Crippen LogP contribution in [0.1, 0.15) is 17.5 Å². The molecule has 0 spiro atoms. The van der Waals surface area contributed by atoms with Crippen molar-refractivity contribution in [3.63, 3.8) is 0 Å². The van der Waals surface area contributed by atoms with Gasteiger partial charge < -0.3 is 10.1 Å². The van der Waals surface area contributed by atoms with E-state index in [1.807, 2.05) is 30.5 Å². The summed E-state index contributed by atoms with van der Waals surface area (Å²) in [5.41, 5.74) is 3.24. The molecule has 0 saturated carbocycles. The number of amides is 1. The molecule has 5 heteroatoms. The highest BCUT2D eigenvalue weighted by molar-refractivity contribution is 5.93. The van der Waals surface area contributed by atoms with Crippen molar-refractivity contribution in [3.05, 3.63) is 53.9 Å². The van der Waals surface area contributed by atoms with Gasteiger partial charge in [0.2, 0.25) is 5.91 Å². The summed E-state index contributed by atoms with van der Waals surface area (Å²) < 4.78 is 5.84. The van der Waals surface area contributed by atoms with Crippen molar-refractivity contribution < 1.29 is 9.53 Å². The zero-order valence-electron chi connectivity index (χ0n) is 13.3. The lowest BCUT2D eigenvalue weighted by molar-refractivity contribution is -0.116. The number of carbonyl (C=O) groups is 1. The summed E-state index contributed by atoms with van der Waals surface area (Å²) in [7, 11) is 2.07. The van der Waals surface area contributed by atoms with Crippen LogP contribution in [0.3, 0.4) is 0 Å². The van der Waals surface area contributed by atoms with Gasteiger partial charge in [0.1, 0.15) is 12.4 Å². The number of hydrogen-bond donors (Lipinski definition) is 1. The highest BCUT2D eigenvalue weighted by Gasteiger charge is 2.15. The normalized spacial score (nSPS) is 13.6. The number of hydrogen-bond acceptors (Lipinski definition) is 4. The van der Waals surface area contributed by atoms with E-state index in [0.29, 0.717) is 13.0 Å². The minimum Gasteiger partial charge on any atom is -0.492 e. The summed E-state index contributed by atoms with van der Waals surface area (Å²) >= 11 is 0. The third kappa shape index (κ3) is 4.29. The van der Waals surface area contributed by atoms with Gasteiger partial charge in [-0.15, -0.1) is 0 Å². The third-order valence-corrected chi connectivity index (χ3v) is 3.89. The smallest absolute Gasteiger partial charge is 0.224 e. The molecule has 3 rings (SSSR count). The number of carbonyl (C=O) groups excluding carboxylic acids is 1. The van der Waals surface area contributed by atoms with Crippen molar-refractivity contribution in [1.29, 1.82) is 0 Å². The fraction of sp³-hybridized carbons (Fsp3) is 0.333. The molecule has 2 heterocycles. The number of likely N-dealkylation sites (N-methyl/N-ethyl adjacent to an activating group) is 1. The van der Waals surface area contributed by atoms with E-state index >= 15 is 0 Å². The molecular formula is C18H21N3O2. The number of anilines is 1. The van der Waals surface area contributed by atoms with Gasteiger partial charge in [-0.05, 0) is 48.9 Å². The Kier molecular flexibility index (Phi) is 4.88. The fourth-order valence-electron chi connectivity index (χ4n) is 2.65. The minimum atomic E-state index is 0.0863. The molecule has 1 N–H and O–H groups in total. The number of nitrogens with zero attached hydrogens (tertiary/aromatic N) is 2. The van der Waals surface area contributed by atoms with E-state index in [2.05, 4.69) is 28.3 Å². The molecule has 0 bridgehead atoms. The molecule has 23 heavy (non-hydrogen) atoms. The van der Waals surface area contributed by atoms with Crippen LogP contribution in [0.15, 0.2) is 42.7 Å². The first kappa shape index (κ1) is 15.5. The Morgan fingerprint density at radius 2 is 2.22 bits per heavy atom. The van der Waals surface area contributed by atoms with Gasteiger partial charge in [-0.3, -0.25) is 14.7 Å². The molecular weight excluding hydrogens is 290 g/mol. The van der Waals surface area contributed by atoms with E-state index in [-0.39, 0.29) is 5.91 Å². The topological polar surface area (TPSA) is 54.5 Å². The number of aryl methyl sites for hydroxylation is 1. The number of rotatable bonds is 6. The molecule has 0 unspecified atom stereocenters. The van der Waals surface area contributed by atoms with Crippen molar-refractivity contribution in [2.75, 3.05) is 25.5 Å². The Morgan fingerprint density at radius 1 is 1.30 bits per heavy atom. The summed E-state index contributed by atoms with van der Waals surface area (Å²) in [6.45, 7) is 2.32. The van der Waals surface area contributed by atoms with Gasteiger partial charge in [-0.1, -0.05) is 6.07 Å². The molecule has 0 aliphatic carbocycles. The van der Waals surface area contributed by atoms with Crippen LogP contribution in [-0.4, -0.2) is 36.0 Å². The largest absolute Gasteiger partial charge is 0.492 e. The zero-order chi connectivity index (χ0) is 16.1. The highest BCUT2D eigenvalue weighted by Crippen LogP contribution is 2.26. The van der Waals surface area contributed by atoms with E-state index in [4.69, 9.17) is 4.74 Å². The molecule has 120 valence electrons. The second-order valence-corrected chi connectivity index (χ2v) is 5.81. The zero-order valence-corrected chi connectivity index (χ0v) is 13.3. The Bertz CT molecular complexity index is 673. The van der Waals surface area contributed by atoms with Crippen molar-refractivity contribution in [2.24, 2.45) is 0 Å². The Hall–Kier alpha value is -2.40. The van der Waals surface area contributed by atoms with Gasteiger partial charge in [-0.2, -0.15) is 0 Å². The van der Waals surface area contributed by atoms with Crippen LogP contribution in [0.25, 0.3) is 0 Å². The lowest BCUT2D eigenvalue weighted by atomic mass is 10.0. The summed E-state index contributed by atoms with van der Waals surface area (Å²) in [5, 5.41) is 2.88. The van der Waals surface area contributed by atoms with Crippen molar-refractivity contribution in [3.8, 4) is 5.75 Å². The predicted octanol–water partition coefficient (Wildman–Crippen LogP) is 2.48. The van der Waals surface area contributed by atoms with E-state index < -0.39 is 0 Å². The van der Waals surface area contributed by atoms with Crippen LogP contribution in [0.2, 0.25) is 0 Å². The first-order valence-electron chi connectivity index (χ1n) is 7.84. The fourth-order valence-corrected chi connectivity index (χ4v) is 2.65. The van der Waals surface area contributed by atoms with Gasteiger partial charge in [0, 0.05) is 37.6 Å². The highest BCUT2D eigenvalue weighted by atomic mass is 16.5. The third-order valence-electron chi connectivity index (χ3n) is 3.89. The molecule has 0 radical (unpaired) electrons. The summed E-state index contributed by atoms with van der Waals surface area (Å²) in [6, 6.07) is 9.87. The molecule has 1 aromatic heterocycles. The maximum Gasteiger partial charge on any atom is 0.224 e. The van der Waals surface area contributed by atoms with Crippen LogP contribution < -0.4 is 10.1 Å². The number of benzene rings is 1. The molecule has 0 saturated heterocycles. The second kappa shape index (κ2) is 7.24. The lowest BCUT2D eigenvalue weighted by Crippen LogP contribution is -2.24. The van der Waals surface area contributed by atoms with E-state index in [9.17, 15) is 4.79 Å². The van der Waals surface area contributed by atoms with E-state index in [1.54, 1.807) is 6.20 Å². The van der Waals surface area contributed by atoms with E-state index in [0.717, 1.165) is 36.5 Å². The van der Waals surface area contributed by atoms with Gasteiger partial charge in [0.05, 0.1) is 0 Å². The van der Waals surface area contributed by atoms with Crippen LogP contribution in [0.5, 0.6) is 5.75 Å². The average molecular weight is 311 g/mol. The van der Waals surface area contributed by atoms with Crippen molar-refractivity contribution in [2.45, 2.75) is 19.4 Å². The molecule has 1 amide bonds. The number of nitrogens with one attached hydrogen (secondary N) is 1. The number of pyridine rings is 1. The van der Waals surface area contributed by atoms with Gasteiger partial charge in [0.15, 0.2) is 0 Å². The Labute approximate surface area is 136 Å². The molecule has 1 aliphatic rings. The first-order chi connectivity index (χ1) is 11.2. The quantitative estimate of drug-likeness (QED) is 0.890. The summed E-state index contributed by atoms with van der Waals surface area (Å²) in [5.74, 6) is 0.942. The van der Waals surface area contributed by atoms with Gasteiger partial charge in [0.25, 0.3) is 0 Å². The molecule has 1 aliphatic heterocycles. The summed E-state index contributed by atoms with van der Waals surface area (Å²) in [4.78, 5) is 17.7. The second-order valence-electron chi connectivity index (χ2n) is 5.81. The minimum absolute atomic E-state index is 0.0863. The van der Waals surface area contributed by atoms with Crippen LogP contribution in [0, 0.1) is 0 Å².